The van der Waals surface area contributed by atoms with Gasteiger partial charge in [0.2, 0.25) is 0 Å². The molecule has 0 unspecified atom stereocenters. The lowest BCUT2D eigenvalue weighted by Gasteiger charge is -2.20. The van der Waals surface area contributed by atoms with Crippen molar-refractivity contribution in [3.8, 4) is 5.69 Å². The molecule has 0 N–H and O–H groups in total. The third-order valence-electron chi connectivity index (χ3n) is 4.29. The fraction of sp³-hybridized carbons (Fsp3) is 0.316. The minimum absolute atomic E-state index is 0.0480. The highest BCUT2D eigenvalue weighted by atomic mass is 35.5. The number of hydrogen-bond donors (Lipinski definition) is 0. The van der Waals surface area contributed by atoms with E-state index in [-0.39, 0.29) is 18.6 Å². The monoisotopic (exact) mass is 405 g/mol. The van der Waals surface area contributed by atoms with E-state index in [1.807, 2.05) is 39.0 Å². The van der Waals surface area contributed by atoms with Gasteiger partial charge in [-0.25, -0.2) is 9.48 Å². The topological polar surface area (TPSA) is 64.4 Å². The van der Waals surface area contributed by atoms with E-state index in [1.165, 1.54) is 11.3 Å². The van der Waals surface area contributed by atoms with Gasteiger partial charge in [0.05, 0.1) is 11.4 Å². The van der Waals surface area contributed by atoms with Crippen molar-refractivity contribution in [3.05, 3.63) is 45.9 Å². The summed E-state index contributed by atoms with van der Waals surface area (Å²) in [4.78, 5) is 27.2. The maximum atomic E-state index is 12.4. The van der Waals surface area contributed by atoms with Crippen LogP contribution in [0.3, 0.4) is 0 Å². The molecule has 0 saturated heterocycles. The predicted molar refractivity (Wildman–Crippen MR) is 107 cm³/mol. The van der Waals surface area contributed by atoms with Crippen LogP contribution in [0.1, 0.15) is 29.2 Å². The molecule has 2 heterocycles. The molecule has 0 aliphatic rings. The zero-order chi connectivity index (χ0) is 19.7. The van der Waals surface area contributed by atoms with E-state index in [9.17, 15) is 9.59 Å². The summed E-state index contributed by atoms with van der Waals surface area (Å²) in [7, 11) is 1.68. The van der Waals surface area contributed by atoms with E-state index in [0.717, 1.165) is 21.6 Å². The molecule has 8 heteroatoms. The number of ether oxygens (including phenoxy) is 1. The second kappa shape index (κ2) is 7.70. The van der Waals surface area contributed by atoms with Gasteiger partial charge < -0.3 is 9.64 Å². The summed E-state index contributed by atoms with van der Waals surface area (Å²) in [5, 5.41) is 6.02. The standard InChI is InChI=1S/C19H20ClN3O3S/c1-11(2)22(4)17(24)10-26-19(25)16-9-15-12(3)21-23(18(15)27-16)14-7-5-6-13(20)8-14/h5-9,11H,10H2,1-4H3. The molecule has 0 fully saturated rings. The second-order valence-electron chi connectivity index (χ2n) is 6.48. The summed E-state index contributed by atoms with van der Waals surface area (Å²) in [5.41, 5.74) is 1.62. The number of aromatic nitrogens is 2. The number of halogens is 1. The molecule has 3 rings (SSSR count). The Labute approximate surface area is 166 Å². The van der Waals surface area contributed by atoms with Gasteiger partial charge in [-0.15, -0.1) is 11.3 Å². The lowest BCUT2D eigenvalue weighted by molar-refractivity contribution is -0.134. The van der Waals surface area contributed by atoms with Crippen molar-refractivity contribution in [1.29, 1.82) is 0 Å². The van der Waals surface area contributed by atoms with Crippen molar-refractivity contribution in [1.82, 2.24) is 14.7 Å². The number of carbonyl (C=O) groups excluding carboxylic acids is 2. The number of rotatable bonds is 5. The average molecular weight is 406 g/mol. The first kappa shape index (κ1) is 19.4. The van der Waals surface area contributed by atoms with Crippen LogP contribution in [-0.2, 0) is 9.53 Å². The van der Waals surface area contributed by atoms with Crippen LogP contribution in [-0.4, -0.2) is 46.3 Å². The average Bonchev–Trinajstić information content (AvgIpc) is 3.19. The molecule has 27 heavy (non-hydrogen) atoms. The Kier molecular flexibility index (Phi) is 5.53. The number of esters is 1. The SMILES string of the molecule is Cc1nn(-c2cccc(Cl)c2)c2sc(C(=O)OCC(=O)N(C)C(C)C)cc12. The maximum Gasteiger partial charge on any atom is 0.348 e. The minimum atomic E-state index is -0.515. The molecular formula is C19H20ClN3O3S. The lowest BCUT2D eigenvalue weighted by atomic mass is 10.3. The van der Waals surface area contributed by atoms with Crippen LogP contribution in [0, 0.1) is 6.92 Å². The van der Waals surface area contributed by atoms with Crippen molar-refractivity contribution >= 4 is 45.0 Å². The summed E-state index contributed by atoms with van der Waals surface area (Å²) >= 11 is 7.36. The highest BCUT2D eigenvalue weighted by molar-refractivity contribution is 7.20. The first-order chi connectivity index (χ1) is 12.8. The molecule has 1 amide bonds. The number of carbonyl (C=O) groups is 2. The summed E-state index contributed by atoms with van der Waals surface area (Å²) < 4.78 is 6.95. The zero-order valence-corrected chi connectivity index (χ0v) is 17.1. The second-order valence-corrected chi connectivity index (χ2v) is 7.95. The Morgan fingerprint density at radius 3 is 2.74 bits per heavy atom. The van der Waals surface area contributed by atoms with E-state index in [2.05, 4.69) is 5.10 Å². The van der Waals surface area contributed by atoms with Crippen molar-refractivity contribution in [2.45, 2.75) is 26.8 Å². The van der Waals surface area contributed by atoms with Gasteiger partial charge in [-0.2, -0.15) is 5.10 Å². The number of aryl methyl sites for hydroxylation is 1. The van der Waals surface area contributed by atoms with E-state index in [1.54, 1.807) is 28.8 Å². The lowest BCUT2D eigenvalue weighted by Crippen LogP contribution is -2.36. The van der Waals surface area contributed by atoms with Gasteiger partial charge >= 0.3 is 5.97 Å². The van der Waals surface area contributed by atoms with Gasteiger partial charge in [0, 0.05) is 23.5 Å². The quantitative estimate of drug-likeness (QED) is 0.600. The van der Waals surface area contributed by atoms with Crippen LogP contribution >= 0.6 is 22.9 Å². The molecule has 0 aliphatic carbocycles. The van der Waals surface area contributed by atoms with Crippen molar-refractivity contribution in [3.63, 3.8) is 0 Å². The Bertz CT molecular complexity index is 1010. The fourth-order valence-electron chi connectivity index (χ4n) is 2.52. The number of hydrogen-bond acceptors (Lipinski definition) is 5. The highest BCUT2D eigenvalue weighted by Gasteiger charge is 2.20. The molecule has 0 aliphatic heterocycles. The van der Waals surface area contributed by atoms with Gasteiger partial charge in [0.1, 0.15) is 9.71 Å². The van der Waals surface area contributed by atoms with Crippen LogP contribution in [0.4, 0.5) is 0 Å². The third kappa shape index (κ3) is 3.99. The molecule has 142 valence electrons. The molecule has 0 bridgehead atoms. The molecule has 6 nitrogen and oxygen atoms in total. The van der Waals surface area contributed by atoms with E-state index in [4.69, 9.17) is 16.3 Å². The summed E-state index contributed by atoms with van der Waals surface area (Å²) in [6, 6.07) is 9.15. The molecule has 0 atom stereocenters. The van der Waals surface area contributed by atoms with Crippen LogP contribution in [0.5, 0.6) is 0 Å². The summed E-state index contributed by atoms with van der Waals surface area (Å²) in [6.45, 7) is 5.40. The Balaban J connectivity index is 1.84. The minimum Gasteiger partial charge on any atom is -0.451 e. The van der Waals surface area contributed by atoms with Crippen LogP contribution in [0.15, 0.2) is 30.3 Å². The van der Waals surface area contributed by atoms with Gasteiger partial charge in [-0.3, -0.25) is 4.79 Å². The smallest absolute Gasteiger partial charge is 0.348 e. The largest absolute Gasteiger partial charge is 0.451 e. The fourth-order valence-corrected chi connectivity index (χ4v) is 3.78. The van der Waals surface area contributed by atoms with E-state index >= 15 is 0 Å². The number of benzene rings is 1. The number of thiophene rings is 1. The Hall–Kier alpha value is -2.38. The molecular weight excluding hydrogens is 386 g/mol. The Morgan fingerprint density at radius 2 is 2.07 bits per heavy atom. The van der Waals surface area contributed by atoms with Crippen LogP contribution < -0.4 is 0 Å². The highest BCUT2D eigenvalue weighted by Crippen LogP contribution is 2.31. The number of likely N-dealkylation sites (N-methyl/N-ethyl adjacent to an activating group) is 1. The van der Waals surface area contributed by atoms with Crippen molar-refractivity contribution < 1.29 is 14.3 Å². The van der Waals surface area contributed by atoms with Crippen molar-refractivity contribution in [2.24, 2.45) is 0 Å². The predicted octanol–water partition coefficient (Wildman–Crippen LogP) is 4.07. The molecule has 1 aromatic carbocycles. The van der Waals surface area contributed by atoms with Crippen molar-refractivity contribution in [2.75, 3.05) is 13.7 Å². The summed E-state index contributed by atoms with van der Waals surface area (Å²) in [6.07, 6.45) is 0. The van der Waals surface area contributed by atoms with Crippen LogP contribution in [0.2, 0.25) is 5.02 Å². The van der Waals surface area contributed by atoms with Crippen LogP contribution in [0.25, 0.3) is 15.9 Å². The Morgan fingerprint density at radius 1 is 1.33 bits per heavy atom. The number of amides is 1. The first-order valence-electron chi connectivity index (χ1n) is 8.46. The van der Waals surface area contributed by atoms with Gasteiger partial charge in [0.25, 0.3) is 5.91 Å². The van der Waals surface area contributed by atoms with Gasteiger partial charge in [0.15, 0.2) is 6.61 Å². The molecule has 3 aromatic rings. The maximum absolute atomic E-state index is 12.4. The normalized spacial score (nSPS) is 11.2. The first-order valence-corrected chi connectivity index (χ1v) is 9.65. The zero-order valence-electron chi connectivity index (χ0n) is 15.5. The van der Waals surface area contributed by atoms with E-state index in [0.29, 0.717) is 9.90 Å². The molecule has 2 aromatic heterocycles. The molecule has 0 spiro atoms. The summed E-state index contributed by atoms with van der Waals surface area (Å²) in [5.74, 6) is -0.750. The van der Waals surface area contributed by atoms with Gasteiger partial charge in [-0.05, 0) is 45.0 Å². The number of fused-ring (bicyclic) bond motifs is 1. The number of nitrogens with zero attached hydrogens (tertiary/aromatic N) is 3. The third-order valence-corrected chi connectivity index (χ3v) is 5.62. The molecule has 0 saturated carbocycles. The van der Waals surface area contributed by atoms with E-state index < -0.39 is 5.97 Å². The molecule has 0 radical (unpaired) electrons. The van der Waals surface area contributed by atoms with Gasteiger partial charge in [-0.1, -0.05) is 17.7 Å².